The normalized spacial score (nSPS) is 14.2. The van der Waals surface area contributed by atoms with E-state index in [4.69, 9.17) is 4.74 Å². The number of nitrogens with one attached hydrogen (secondary N) is 1. The van der Waals surface area contributed by atoms with Gasteiger partial charge < -0.3 is 9.47 Å². The summed E-state index contributed by atoms with van der Waals surface area (Å²) in [5.74, 6) is -0.625. The molecule has 112 valence electrons. The first-order chi connectivity index (χ1) is 9.31. The lowest BCUT2D eigenvalue weighted by atomic mass is 9.90. The second-order valence-corrected chi connectivity index (χ2v) is 4.79. The molecule has 4 nitrogen and oxygen atoms in total. The second-order valence-electron chi connectivity index (χ2n) is 4.79. The number of methoxy groups -OCH3 is 1. The van der Waals surface area contributed by atoms with Crippen molar-refractivity contribution in [1.29, 1.82) is 0 Å². The van der Waals surface area contributed by atoms with Crippen molar-refractivity contribution in [2.75, 3.05) is 7.11 Å². The fourth-order valence-corrected chi connectivity index (χ4v) is 2.11. The van der Waals surface area contributed by atoms with Gasteiger partial charge in [0.1, 0.15) is 11.3 Å². The van der Waals surface area contributed by atoms with Gasteiger partial charge in [0.15, 0.2) is 0 Å². The maximum atomic E-state index is 12.5. The third kappa shape index (κ3) is 3.66. The van der Waals surface area contributed by atoms with Crippen molar-refractivity contribution in [3.8, 4) is 5.75 Å². The lowest BCUT2D eigenvalue weighted by molar-refractivity contribution is -0.149. The van der Waals surface area contributed by atoms with Crippen LogP contribution in [0.5, 0.6) is 5.75 Å². The Bertz CT molecular complexity index is 465. The molecule has 0 bridgehead atoms. The summed E-state index contributed by atoms with van der Waals surface area (Å²) in [4.78, 5) is 12.1. The molecule has 1 unspecified atom stereocenters. The summed E-state index contributed by atoms with van der Waals surface area (Å²) in [7, 11) is 1.25. The Balaban J connectivity index is 3.30. The van der Waals surface area contributed by atoms with Gasteiger partial charge in [-0.15, -0.1) is 0 Å². The maximum Gasteiger partial charge on any atom is 0.387 e. The monoisotopic (exact) mass is 287 g/mol. The van der Waals surface area contributed by atoms with Crippen molar-refractivity contribution in [3.05, 3.63) is 29.8 Å². The van der Waals surface area contributed by atoms with Crippen molar-refractivity contribution in [3.63, 3.8) is 0 Å². The maximum absolute atomic E-state index is 12.5. The molecule has 0 saturated carbocycles. The zero-order valence-electron chi connectivity index (χ0n) is 11.9. The van der Waals surface area contributed by atoms with E-state index < -0.39 is 18.1 Å². The van der Waals surface area contributed by atoms with E-state index in [9.17, 15) is 13.6 Å². The van der Waals surface area contributed by atoms with Gasteiger partial charge in [0.05, 0.1) is 7.11 Å². The van der Waals surface area contributed by atoms with Crippen molar-refractivity contribution in [1.82, 2.24) is 5.32 Å². The van der Waals surface area contributed by atoms with E-state index in [0.29, 0.717) is 5.56 Å². The third-order valence-electron chi connectivity index (χ3n) is 2.81. The van der Waals surface area contributed by atoms with Crippen LogP contribution in [-0.4, -0.2) is 25.7 Å². The van der Waals surface area contributed by atoms with Gasteiger partial charge in [-0.05, 0) is 26.8 Å². The quantitative estimate of drug-likeness (QED) is 0.817. The minimum atomic E-state index is -2.96. The van der Waals surface area contributed by atoms with Gasteiger partial charge in [-0.3, -0.25) is 5.32 Å². The SMILES string of the molecule is COC(=O)C(C)(NC(C)C)c1ccccc1OC(F)F. The number of para-hydroxylation sites is 1. The van der Waals surface area contributed by atoms with E-state index >= 15 is 0 Å². The van der Waals surface area contributed by atoms with Crippen LogP contribution < -0.4 is 10.1 Å². The van der Waals surface area contributed by atoms with Gasteiger partial charge in [0.2, 0.25) is 0 Å². The Morgan fingerprint density at radius 3 is 2.40 bits per heavy atom. The van der Waals surface area contributed by atoms with Crippen molar-refractivity contribution in [2.24, 2.45) is 0 Å². The lowest BCUT2D eigenvalue weighted by Gasteiger charge is -2.31. The first-order valence-corrected chi connectivity index (χ1v) is 6.21. The Morgan fingerprint density at radius 2 is 1.90 bits per heavy atom. The number of halogens is 2. The summed E-state index contributed by atoms with van der Waals surface area (Å²) in [6.07, 6.45) is 0. The minimum Gasteiger partial charge on any atom is -0.467 e. The largest absolute Gasteiger partial charge is 0.467 e. The molecule has 0 aliphatic rings. The van der Waals surface area contributed by atoms with E-state index in [1.165, 1.54) is 13.2 Å². The molecule has 6 heteroatoms. The molecular weight excluding hydrogens is 268 g/mol. The molecular formula is C14H19F2NO3. The summed E-state index contributed by atoms with van der Waals surface area (Å²) in [6.45, 7) is 2.30. The summed E-state index contributed by atoms with van der Waals surface area (Å²) >= 11 is 0. The van der Waals surface area contributed by atoms with E-state index in [-0.39, 0.29) is 11.8 Å². The molecule has 1 aromatic rings. The smallest absolute Gasteiger partial charge is 0.387 e. The highest BCUT2D eigenvalue weighted by molar-refractivity contribution is 5.83. The topological polar surface area (TPSA) is 47.6 Å². The summed E-state index contributed by atoms with van der Waals surface area (Å²) in [6, 6.07) is 6.11. The van der Waals surface area contributed by atoms with Crippen LogP contribution in [0.3, 0.4) is 0 Å². The van der Waals surface area contributed by atoms with E-state index in [0.717, 1.165) is 0 Å². The fourth-order valence-electron chi connectivity index (χ4n) is 2.11. The Hall–Kier alpha value is -1.69. The number of esters is 1. The van der Waals surface area contributed by atoms with Crippen LogP contribution in [-0.2, 0) is 15.1 Å². The highest BCUT2D eigenvalue weighted by Crippen LogP contribution is 2.32. The molecule has 20 heavy (non-hydrogen) atoms. The average Bonchev–Trinajstić information content (AvgIpc) is 2.36. The number of rotatable bonds is 6. The Morgan fingerprint density at radius 1 is 1.30 bits per heavy atom. The van der Waals surface area contributed by atoms with Crippen molar-refractivity contribution < 1.29 is 23.0 Å². The Labute approximate surface area is 117 Å². The lowest BCUT2D eigenvalue weighted by Crippen LogP contribution is -2.50. The molecule has 0 saturated heterocycles. The van der Waals surface area contributed by atoms with Crippen molar-refractivity contribution in [2.45, 2.75) is 39.0 Å². The minimum absolute atomic E-state index is 0.0523. The zero-order valence-corrected chi connectivity index (χ0v) is 11.9. The number of benzene rings is 1. The molecule has 0 spiro atoms. The number of hydrogen-bond donors (Lipinski definition) is 1. The summed E-state index contributed by atoms with van der Waals surface area (Å²) < 4.78 is 34.2. The van der Waals surface area contributed by atoms with Crippen LogP contribution in [0, 0.1) is 0 Å². The summed E-state index contributed by atoms with van der Waals surface area (Å²) in [5, 5.41) is 3.04. The highest BCUT2D eigenvalue weighted by Gasteiger charge is 2.39. The average molecular weight is 287 g/mol. The number of carbonyl (C=O) groups is 1. The van der Waals surface area contributed by atoms with Gasteiger partial charge in [-0.1, -0.05) is 18.2 Å². The number of hydrogen-bond acceptors (Lipinski definition) is 4. The first kappa shape index (κ1) is 16.4. The van der Waals surface area contributed by atoms with Gasteiger partial charge in [-0.25, -0.2) is 4.79 Å². The van der Waals surface area contributed by atoms with Crippen LogP contribution in [0.15, 0.2) is 24.3 Å². The molecule has 0 fully saturated rings. The molecule has 0 amide bonds. The predicted octanol–water partition coefficient (Wildman–Crippen LogP) is 2.67. The molecule has 0 aromatic heterocycles. The molecule has 0 aliphatic carbocycles. The molecule has 1 aromatic carbocycles. The van der Waals surface area contributed by atoms with Gasteiger partial charge in [-0.2, -0.15) is 8.78 Å². The van der Waals surface area contributed by atoms with E-state index in [1.807, 2.05) is 13.8 Å². The van der Waals surface area contributed by atoms with Crippen LogP contribution >= 0.6 is 0 Å². The molecule has 1 N–H and O–H groups in total. The molecule has 0 aliphatic heterocycles. The first-order valence-electron chi connectivity index (χ1n) is 6.21. The van der Waals surface area contributed by atoms with Crippen molar-refractivity contribution >= 4 is 5.97 Å². The molecule has 1 atom stereocenters. The van der Waals surface area contributed by atoms with Crippen LogP contribution in [0.2, 0.25) is 0 Å². The van der Waals surface area contributed by atoms with Crippen LogP contribution in [0.4, 0.5) is 8.78 Å². The van der Waals surface area contributed by atoms with Gasteiger partial charge in [0, 0.05) is 11.6 Å². The number of ether oxygens (including phenoxy) is 2. The summed E-state index contributed by atoms with van der Waals surface area (Å²) in [5.41, 5.74) is -0.963. The van der Waals surface area contributed by atoms with Gasteiger partial charge in [0.25, 0.3) is 0 Å². The number of carbonyl (C=O) groups excluding carboxylic acids is 1. The molecule has 0 radical (unpaired) electrons. The van der Waals surface area contributed by atoms with E-state index in [1.54, 1.807) is 25.1 Å². The Kier molecular flexibility index (Phi) is 5.44. The third-order valence-corrected chi connectivity index (χ3v) is 2.81. The standard InChI is InChI=1S/C14H19F2NO3/c1-9(2)17-14(3,12(18)19-4)10-7-5-6-8-11(10)20-13(15)16/h5-9,13,17H,1-4H3. The molecule has 0 heterocycles. The highest BCUT2D eigenvalue weighted by atomic mass is 19.3. The number of alkyl halides is 2. The zero-order chi connectivity index (χ0) is 15.3. The molecule has 1 rings (SSSR count). The van der Waals surface area contributed by atoms with Gasteiger partial charge >= 0.3 is 12.6 Å². The van der Waals surface area contributed by atoms with E-state index in [2.05, 4.69) is 10.1 Å². The predicted molar refractivity (Wildman–Crippen MR) is 70.7 cm³/mol. The second kappa shape index (κ2) is 6.65. The van der Waals surface area contributed by atoms with Crippen LogP contribution in [0.25, 0.3) is 0 Å². The fraction of sp³-hybridized carbons (Fsp3) is 0.500. The van der Waals surface area contributed by atoms with Crippen LogP contribution in [0.1, 0.15) is 26.3 Å².